The van der Waals surface area contributed by atoms with Gasteiger partial charge in [0.2, 0.25) is 5.95 Å². The first-order chi connectivity index (χ1) is 13.5. The first-order valence-electron chi connectivity index (χ1n) is 9.09. The van der Waals surface area contributed by atoms with E-state index in [2.05, 4.69) is 27.4 Å². The van der Waals surface area contributed by atoms with Crippen LogP contribution in [0.4, 0.5) is 17.3 Å². The molecule has 1 aliphatic rings. The van der Waals surface area contributed by atoms with Crippen LogP contribution in [-0.2, 0) is 6.42 Å². The maximum atomic E-state index is 13.2. The minimum Gasteiger partial charge on any atom is -0.324 e. The molecule has 28 heavy (non-hydrogen) atoms. The van der Waals surface area contributed by atoms with Crippen molar-refractivity contribution < 1.29 is 4.79 Å². The molecule has 0 bridgehead atoms. The number of aromatic nitrogens is 2. The monoisotopic (exact) mass is 369 g/mol. The molecule has 2 aromatic carbocycles. The third kappa shape index (κ3) is 3.30. The van der Waals surface area contributed by atoms with Crippen LogP contribution >= 0.6 is 0 Å². The molecule has 2 heterocycles. The number of para-hydroxylation sites is 1. The predicted molar refractivity (Wildman–Crippen MR) is 108 cm³/mol. The van der Waals surface area contributed by atoms with E-state index in [1.165, 1.54) is 5.56 Å². The summed E-state index contributed by atoms with van der Waals surface area (Å²) in [6.45, 7) is 3.87. The molecule has 1 N–H and O–H groups in total. The van der Waals surface area contributed by atoms with Crippen LogP contribution in [0.5, 0.6) is 0 Å². The van der Waals surface area contributed by atoms with E-state index in [1.54, 1.807) is 29.2 Å². The van der Waals surface area contributed by atoms with Gasteiger partial charge in [-0.2, -0.15) is 5.26 Å². The third-order valence-corrected chi connectivity index (χ3v) is 4.75. The average molecular weight is 369 g/mol. The van der Waals surface area contributed by atoms with Crippen molar-refractivity contribution >= 4 is 23.2 Å². The average Bonchev–Trinajstić information content (AvgIpc) is 3.02. The van der Waals surface area contributed by atoms with Crippen LogP contribution in [-0.4, -0.2) is 21.9 Å². The topological polar surface area (TPSA) is 81.9 Å². The maximum Gasteiger partial charge on any atom is 0.277 e. The SMILES string of the molecule is Cc1cc(C(=O)N2c3ccccc3CC2C)nc(Nc2cccc(C#N)c2)n1. The molecule has 0 radical (unpaired) electrons. The van der Waals surface area contributed by atoms with Gasteiger partial charge < -0.3 is 10.2 Å². The lowest BCUT2D eigenvalue weighted by atomic mass is 10.1. The van der Waals surface area contributed by atoms with E-state index in [0.717, 1.165) is 12.1 Å². The maximum absolute atomic E-state index is 13.2. The highest BCUT2D eigenvalue weighted by Gasteiger charge is 2.32. The largest absolute Gasteiger partial charge is 0.324 e. The number of anilines is 3. The molecule has 0 saturated carbocycles. The van der Waals surface area contributed by atoms with Crippen molar-refractivity contribution in [3.8, 4) is 6.07 Å². The van der Waals surface area contributed by atoms with E-state index in [-0.39, 0.29) is 11.9 Å². The molecule has 1 atom stereocenters. The van der Waals surface area contributed by atoms with Gasteiger partial charge in [0.1, 0.15) is 5.69 Å². The van der Waals surface area contributed by atoms with Crippen LogP contribution in [0.15, 0.2) is 54.6 Å². The van der Waals surface area contributed by atoms with E-state index in [0.29, 0.717) is 28.6 Å². The van der Waals surface area contributed by atoms with Crippen LogP contribution in [0.1, 0.15) is 34.2 Å². The number of benzene rings is 2. The van der Waals surface area contributed by atoms with Gasteiger partial charge in [-0.25, -0.2) is 9.97 Å². The van der Waals surface area contributed by atoms with Crippen molar-refractivity contribution in [1.82, 2.24) is 9.97 Å². The number of hydrogen-bond acceptors (Lipinski definition) is 5. The van der Waals surface area contributed by atoms with Gasteiger partial charge in [-0.15, -0.1) is 0 Å². The molecule has 138 valence electrons. The fourth-order valence-corrected chi connectivity index (χ4v) is 3.53. The molecule has 1 unspecified atom stereocenters. The second-order valence-electron chi connectivity index (χ2n) is 6.89. The van der Waals surface area contributed by atoms with Gasteiger partial charge in [-0.05, 0) is 56.2 Å². The lowest BCUT2D eigenvalue weighted by Gasteiger charge is -2.22. The summed E-state index contributed by atoms with van der Waals surface area (Å²) < 4.78 is 0. The van der Waals surface area contributed by atoms with E-state index in [9.17, 15) is 4.79 Å². The quantitative estimate of drug-likeness (QED) is 0.755. The molecule has 0 saturated heterocycles. The van der Waals surface area contributed by atoms with Gasteiger partial charge >= 0.3 is 0 Å². The summed E-state index contributed by atoms with van der Waals surface area (Å²) >= 11 is 0. The zero-order valence-electron chi connectivity index (χ0n) is 15.7. The highest BCUT2D eigenvalue weighted by Crippen LogP contribution is 2.33. The Morgan fingerprint density at radius 2 is 2.00 bits per heavy atom. The molecule has 4 rings (SSSR count). The van der Waals surface area contributed by atoms with E-state index < -0.39 is 0 Å². The summed E-state index contributed by atoms with van der Waals surface area (Å²) in [5.41, 5.74) is 4.38. The minimum atomic E-state index is -0.142. The number of rotatable bonds is 3. The first-order valence-corrected chi connectivity index (χ1v) is 9.09. The van der Waals surface area contributed by atoms with E-state index in [1.807, 2.05) is 38.1 Å². The molecule has 1 amide bonds. The highest BCUT2D eigenvalue weighted by atomic mass is 16.2. The van der Waals surface area contributed by atoms with Gasteiger partial charge in [0.05, 0.1) is 11.6 Å². The summed E-state index contributed by atoms with van der Waals surface area (Å²) in [6.07, 6.45) is 0.831. The Bertz CT molecular complexity index is 1100. The Kier molecular flexibility index (Phi) is 4.50. The van der Waals surface area contributed by atoms with Gasteiger partial charge in [0, 0.05) is 23.1 Å². The number of nitrogens with one attached hydrogen (secondary N) is 1. The summed E-state index contributed by atoms with van der Waals surface area (Å²) in [4.78, 5) is 23.9. The molecule has 0 spiro atoms. The van der Waals surface area contributed by atoms with Crippen molar-refractivity contribution in [3.63, 3.8) is 0 Å². The van der Waals surface area contributed by atoms with Gasteiger partial charge in [0.15, 0.2) is 0 Å². The zero-order chi connectivity index (χ0) is 19.7. The van der Waals surface area contributed by atoms with E-state index in [4.69, 9.17) is 5.26 Å². The molecule has 1 aromatic heterocycles. The van der Waals surface area contributed by atoms with Crippen LogP contribution in [0.25, 0.3) is 0 Å². The molecule has 6 heteroatoms. The van der Waals surface area contributed by atoms with Crippen LogP contribution in [0.2, 0.25) is 0 Å². The molecule has 1 aliphatic heterocycles. The highest BCUT2D eigenvalue weighted by molar-refractivity contribution is 6.06. The van der Waals surface area contributed by atoms with Crippen molar-refractivity contribution in [2.45, 2.75) is 26.3 Å². The predicted octanol–water partition coefficient (Wildman–Crippen LogP) is 3.99. The Balaban J connectivity index is 1.66. The molecular formula is C22H19N5O. The number of carbonyl (C=O) groups is 1. The van der Waals surface area contributed by atoms with Crippen molar-refractivity contribution in [3.05, 3.63) is 77.1 Å². The normalized spacial score (nSPS) is 15.0. The fourth-order valence-electron chi connectivity index (χ4n) is 3.53. The van der Waals surface area contributed by atoms with Crippen molar-refractivity contribution in [2.24, 2.45) is 0 Å². The second kappa shape index (κ2) is 7.12. The van der Waals surface area contributed by atoms with E-state index >= 15 is 0 Å². The minimum absolute atomic E-state index is 0.0730. The summed E-state index contributed by atoms with van der Waals surface area (Å²) in [6, 6.07) is 18.9. The smallest absolute Gasteiger partial charge is 0.277 e. The standard InChI is InChI=1S/C22H19N5O/c1-14-10-19(21(28)27-15(2)11-17-7-3-4-9-20(17)27)26-22(24-14)25-18-8-5-6-16(12-18)13-23/h3-10,12,15H,11H2,1-2H3,(H,24,25,26). The Morgan fingerprint density at radius 1 is 1.18 bits per heavy atom. The molecule has 6 nitrogen and oxygen atoms in total. The number of aryl methyl sites for hydroxylation is 1. The van der Waals surface area contributed by atoms with Crippen molar-refractivity contribution in [1.29, 1.82) is 5.26 Å². The number of hydrogen-bond donors (Lipinski definition) is 1. The summed E-state index contributed by atoms with van der Waals surface area (Å²) in [5, 5.41) is 12.1. The number of amides is 1. The Hall–Kier alpha value is -3.72. The van der Waals surface area contributed by atoms with Crippen molar-refractivity contribution in [2.75, 3.05) is 10.2 Å². The summed E-state index contributed by atoms with van der Waals surface area (Å²) in [5.74, 6) is 0.190. The number of carbonyl (C=O) groups excluding carboxylic acids is 1. The molecule has 3 aromatic rings. The lowest BCUT2D eigenvalue weighted by Crippen LogP contribution is -2.36. The van der Waals surface area contributed by atoms with Crippen LogP contribution in [0.3, 0.4) is 0 Å². The zero-order valence-corrected chi connectivity index (χ0v) is 15.7. The fraction of sp³-hybridized carbons (Fsp3) is 0.182. The molecule has 0 fully saturated rings. The van der Waals surface area contributed by atoms with Gasteiger partial charge in [-0.1, -0.05) is 24.3 Å². The number of nitrogens with zero attached hydrogens (tertiary/aromatic N) is 4. The van der Waals surface area contributed by atoms with Gasteiger partial charge in [-0.3, -0.25) is 4.79 Å². The third-order valence-electron chi connectivity index (χ3n) is 4.75. The Morgan fingerprint density at radius 3 is 2.82 bits per heavy atom. The summed E-state index contributed by atoms with van der Waals surface area (Å²) in [7, 11) is 0. The van der Waals surface area contributed by atoms with Crippen LogP contribution < -0.4 is 10.2 Å². The second-order valence-corrected chi connectivity index (χ2v) is 6.89. The molecule has 0 aliphatic carbocycles. The number of fused-ring (bicyclic) bond motifs is 1. The van der Waals surface area contributed by atoms with Gasteiger partial charge in [0.25, 0.3) is 5.91 Å². The lowest BCUT2D eigenvalue weighted by molar-refractivity contribution is 0.0976. The Labute approximate surface area is 163 Å². The van der Waals surface area contributed by atoms with Crippen LogP contribution in [0, 0.1) is 18.3 Å². The first kappa shape index (κ1) is 17.7. The number of nitriles is 1. The molecular weight excluding hydrogens is 350 g/mol.